The van der Waals surface area contributed by atoms with E-state index in [4.69, 9.17) is 5.73 Å². The first-order valence-electron chi connectivity index (χ1n) is 5.50. The summed E-state index contributed by atoms with van der Waals surface area (Å²) in [5.74, 6) is -0.262. The number of hydrazone groups is 1. The van der Waals surface area contributed by atoms with E-state index in [1.807, 2.05) is 30.3 Å². The van der Waals surface area contributed by atoms with Crippen molar-refractivity contribution in [1.29, 1.82) is 0 Å². The molecule has 0 aromatic heterocycles. The Balaban J connectivity index is 1.96. The van der Waals surface area contributed by atoms with Crippen molar-refractivity contribution in [2.45, 2.75) is 0 Å². The molecule has 2 aromatic carbocycles. The number of rotatable bonds is 3. The van der Waals surface area contributed by atoms with Gasteiger partial charge in [0.25, 0.3) is 5.91 Å². The monoisotopic (exact) mass is 239 g/mol. The van der Waals surface area contributed by atoms with E-state index >= 15 is 0 Å². The van der Waals surface area contributed by atoms with E-state index in [0.717, 1.165) is 5.56 Å². The number of carbonyl (C=O) groups is 1. The number of carbonyl (C=O) groups excluding carboxylic acids is 1. The summed E-state index contributed by atoms with van der Waals surface area (Å²) in [6.07, 6.45) is 1.59. The van der Waals surface area contributed by atoms with Crippen LogP contribution in [0.4, 0.5) is 5.69 Å². The molecule has 0 atom stereocenters. The zero-order valence-electron chi connectivity index (χ0n) is 9.71. The standard InChI is InChI=1S/C14H13N3O/c15-13-8-6-12(7-9-13)14(18)17-16-10-11-4-2-1-3-5-11/h1-10H,15H2,(H,17,18). The van der Waals surface area contributed by atoms with Gasteiger partial charge in [0, 0.05) is 11.3 Å². The first kappa shape index (κ1) is 11.9. The third kappa shape index (κ3) is 3.18. The quantitative estimate of drug-likeness (QED) is 0.489. The number of benzene rings is 2. The Morgan fingerprint density at radius 1 is 1.06 bits per heavy atom. The molecule has 18 heavy (non-hydrogen) atoms. The Morgan fingerprint density at radius 2 is 1.72 bits per heavy atom. The van der Waals surface area contributed by atoms with Crippen molar-refractivity contribution in [3.63, 3.8) is 0 Å². The van der Waals surface area contributed by atoms with Crippen LogP contribution in [0.1, 0.15) is 15.9 Å². The minimum Gasteiger partial charge on any atom is -0.399 e. The first-order valence-corrected chi connectivity index (χ1v) is 5.50. The maximum absolute atomic E-state index is 11.7. The van der Waals surface area contributed by atoms with E-state index in [-0.39, 0.29) is 5.91 Å². The van der Waals surface area contributed by atoms with Crippen LogP contribution in [-0.4, -0.2) is 12.1 Å². The highest BCUT2D eigenvalue weighted by atomic mass is 16.2. The summed E-state index contributed by atoms with van der Waals surface area (Å²) in [6.45, 7) is 0. The normalized spacial score (nSPS) is 10.4. The van der Waals surface area contributed by atoms with Crippen LogP contribution >= 0.6 is 0 Å². The lowest BCUT2D eigenvalue weighted by Gasteiger charge is -2.00. The molecule has 90 valence electrons. The van der Waals surface area contributed by atoms with Gasteiger partial charge >= 0.3 is 0 Å². The van der Waals surface area contributed by atoms with Crippen molar-refractivity contribution in [3.8, 4) is 0 Å². The number of hydrogen-bond donors (Lipinski definition) is 2. The Hall–Kier alpha value is -2.62. The van der Waals surface area contributed by atoms with Gasteiger partial charge in [-0.1, -0.05) is 30.3 Å². The molecule has 0 fully saturated rings. The third-order valence-electron chi connectivity index (χ3n) is 2.35. The Bertz CT molecular complexity index is 547. The third-order valence-corrected chi connectivity index (χ3v) is 2.35. The number of hydrogen-bond acceptors (Lipinski definition) is 3. The first-order chi connectivity index (χ1) is 8.75. The summed E-state index contributed by atoms with van der Waals surface area (Å²) in [5, 5.41) is 3.88. The lowest BCUT2D eigenvalue weighted by atomic mass is 10.2. The Labute approximate surface area is 105 Å². The van der Waals surface area contributed by atoms with Gasteiger partial charge in [-0.3, -0.25) is 4.79 Å². The molecule has 0 radical (unpaired) electrons. The molecule has 0 saturated heterocycles. The molecule has 0 aliphatic rings. The molecule has 0 spiro atoms. The molecular weight excluding hydrogens is 226 g/mol. The van der Waals surface area contributed by atoms with Gasteiger partial charge in [0.1, 0.15) is 0 Å². The van der Waals surface area contributed by atoms with Gasteiger partial charge in [0.05, 0.1) is 6.21 Å². The van der Waals surface area contributed by atoms with Gasteiger partial charge in [-0.15, -0.1) is 0 Å². The van der Waals surface area contributed by atoms with Crippen LogP contribution in [0.15, 0.2) is 59.7 Å². The smallest absolute Gasteiger partial charge is 0.271 e. The van der Waals surface area contributed by atoms with Gasteiger partial charge in [-0.2, -0.15) is 5.10 Å². The molecule has 0 unspecified atom stereocenters. The summed E-state index contributed by atoms with van der Waals surface area (Å²) in [6, 6.07) is 16.2. The number of nitrogens with one attached hydrogen (secondary N) is 1. The molecular formula is C14H13N3O. The van der Waals surface area contributed by atoms with Crippen LogP contribution < -0.4 is 11.2 Å². The summed E-state index contributed by atoms with van der Waals surface area (Å²) in [4.78, 5) is 11.7. The van der Waals surface area contributed by atoms with E-state index in [1.54, 1.807) is 30.5 Å². The molecule has 0 heterocycles. The summed E-state index contributed by atoms with van der Waals surface area (Å²) in [7, 11) is 0. The van der Waals surface area contributed by atoms with Crippen molar-refractivity contribution in [2.75, 3.05) is 5.73 Å². The molecule has 2 aromatic rings. The van der Waals surface area contributed by atoms with Crippen molar-refractivity contribution < 1.29 is 4.79 Å². The molecule has 0 aliphatic carbocycles. The number of amides is 1. The summed E-state index contributed by atoms with van der Waals surface area (Å²) >= 11 is 0. The van der Waals surface area contributed by atoms with Crippen LogP contribution in [0.2, 0.25) is 0 Å². The largest absolute Gasteiger partial charge is 0.399 e. The fourth-order valence-corrected chi connectivity index (χ4v) is 1.40. The van der Waals surface area contributed by atoms with Crippen LogP contribution in [0.25, 0.3) is 0 Å². The van der Waals surface area contributed by atoms with Gasteiger partial charge in [-0.25, -0.2) is 5.43 Å². The average Bonchev–Trinajstić information content (AvgIpc) is 2.40. The molecule has 4 heteroatoms. The van der Waals surface area contributed by atoms with Gasteiger partial charge < -0.3 is 5.73 Å². The second-order valence-electron chi connectivity index (χ2n) is 3.73. The maximum Gasteiger partial charge on any atom is 0.271 e. The van der Waals surface area contributed by atoms with Crippen molar-refractivity contribution in [3.05, 3.63) is 65.7 Å². The zero-order valence-corrected chi connectivity index (χ0v) is 9.71. The molecule has 1 amide bonds. The molecule has 0 aliphatic heterocycles. The minimum absolute atomic E-state index is 0.262. The second kappa shape index (κ2) is 5.63. The lowest BCUT2D eigenvalue weighted by Crippen LogP contribution is -2.17. The molecule has 3 N–H and O–H groups in total. The van der Waals surface area contributed by atoms with E-state index in [2.05, 4.69) is 10.5 Å². The molecule has 0 saturated carbocycles. The summed E-state index contributed by atoms with van der Waals surface area (Å²) in [5.41, 5.74) is 10.1. The van der Waals surface area contributed by atoms with E-state index in [0.29, 0.717) is 11.3 Å². The van der Waals surface area contributed by atoms with Crippen LogP contribution in [0, 0.1) is 0 Å². The zero-order chi connectivity index (χ0) is 12.8. The van der Waals surface area contributed by atoms with Crippen molar-refractivity contribution in [1.82, 2.24) is 5.43 Å². The molecule has 2 rings (SSSR count). The maximum atomic E-state index is 11.7. The second-order valence-corrected chi connectivity index (χ2v) is 3.73. The minimum atomic E-state index is -0.262. The van der Waals surface area contributed by atoms with Crippen LogP contribution in [0.5, 0.6) is 0 Å². The van der Waals surface area contributed by atoms with Gasteiger partial charge in [-0.05, 0) is 29.8 Å². The number of nitrogens with two attached hydrogens (primary N) is 1. The molecule has 4 nitrogen and oxygen atoms in total. The predicted octanol–water partition coefficient (Wildman–Crippen LogP) is 2.03. The lowest BCUT2D eigenvalue weighted by molar-refractivity contribution is 0.0955. The highest BCUT2D eigenvalue weighted by molar-refractivity contribution is 5.95. The van der Waals surface area contributed by atoms with Gasteiger partial charge in [0.2, 0.25) is 0 Å². The Morgan fingerprint density at radius 3 is 2.39 bits per heavy atom. The topological polar surface area (TPSA) is 67.5 Å². The molecule has 0 bridgehead atoms. The van der Waals surface area contributed by atoms with E-state index < -0.39 is 0 Å². The van der Waals surface area contributed by atoms with Gasteiger partial charge in [0.15, 0.2) is 0 Å². The fourth-order valence-electron chi connectivity index (χ4n) is 1.40. The number of nitrogens with zero attached hydrogens (tertiary/aromatic N) is 1. The fraction of sp³-hybridized carbons (Fsp3) is 0. The number of anilines is 1. The SMILES string of the molecule is Nc1ccc(C(=O)NN=Cc2ccccc2)cc1. The van der Waals surface area contributed by atoms with Crippen LogP contribution in [-0.2, 0) is 0 Å². The van der Waals surface area contributed by atoms with E-state index in [9.17, 15) is 4.79 Å². The van der Waals surface area contributed by atoms with E-state index in [1.165, 1.54) is 0 Å². The number of nitrogen functional groups attached to an aromatic ring is 1. The highest BCUT2D eigenvalue weighted by Crippen LogP contribution is 2.04. The van der Waals surface area contributed by atoms with Crippen molar-refractivity contribution >= 4 is 17.8 Å². The average molecular weight is 239 g/mol. The summed E-state index contributed by atoms with van der Waals surface area (Å²) < 4.78 is 0. The Kier molecular flexibility index (Phi) is 3.71. The van der Waals surface area contributed by atoms with Crippen molar-refractivity contribution in [2.24, 2.45) is 5.10 Å². The highest BCUT2D eigenvalue weighted by Gasteiger charge is 2.02. The predicted molar refractivity (Wildman–Crippen MR) is 72.4 cm³/mol. The van der Waals surface area contributed by atoms with Crippen LogP contribution in [0.3, 0.4) is 0 Å².